The van der Waals surface area contributed by atoms with Crippen LogP contribution in [0.4, 0.5) is 0 Å². The average Bonchev–Trinajstić information content (AvgIpc) is 3.45. The standard InChI is InChI=1S/C73H134O6/c1-4-7-10-13-16-19-22-25-27-29-31-33-35-36-38-39-41-43-45-48-51-54-57-60-63-66-72(75)78-69-70(68-77-71(74)65-62-59-56-53-50-47-24-21-18-15-12-9-6-3)79-73(76)67-64-61-58-55-52-49-46-44-42-40-37-34-32-30-28-26-23-20-17-14-11-8-5-2/h9,12,18,21,47,50,56,59,70H,4-8,10-11,13-17,19-20,22-46,48-49,51-55,57-58,60-69H2,1-3H3/b12-9-,21-18-,50-47-,59-56-. The van der Waals surface area contributed by atoms with Gasteiger partial charge in [0.05, 0.1) is 0 Å². The Balaban J connectivity index is 4.24. The average molecular weight is 1110 g/mol. The highest BCUT2D eigenvalue weighted by Gasteiger charge is 2.19. The maximum atomic E-state index is 12.9. The van der Waals surface area contributed by atoms with E-state index >= 15 is 0 Å². The quantitative estimate of drug-likeness (QED) is 0.0261. The van der Waals surface area contributed by atoms with E-state index in [0.29, 0.717) is 19.3 Å². The summed E-state index contributed by atoms with van der Waals surface area (Å²) in [5, 5.41) is 0. The van der Waals surface area contributed by atoms with E-state index in [9.17, 15) is 14.4 Å². The van der Waals surface area contributed by atoms with Gasteiger partial charge in [-0.15, -0.1) is 0 Å². The number of hydrogen-bond acceptors (Lipinski definition) is 6. The van der Waals surface area contributed by atoms with Gasteiger partial charge in [-0.05, 0) is 44.9 Å². The first-order valence-electron chi connectivity index (χ1n) is 35.1. The Morgan fingerprint density at radius 3 is 0.772 bits per heavy atom. The third kappa shape index (κ3) is 66.1. The highest BCUT2D eigenvalue weighted by molar-refractivity contribution is 5.71. The molecule has 1 unspecified atom stereocenters. The van der Waals surface area contributed by atoms with E-state index in [1.807, 2.05) is 6.08 Å². The molecule has 0 radical (unpaired) electrons. The highest BCUT2D eigenvalue weighted by Crippen LogP contribution is 2.19. The highest BCUT2D eigenvalue weighted by atomic mass is 16.6. The molecular formula is C73H134O6. The topological polar surface area (TPSA) is 78.9 Å². The van der Waals surface area contributed by atoms with Crippen molar-refractivity contribution in [3.8, 4) is 0 Å². The van der Waals surface area contributed by atoms with E-state index in [0.717, 1.165) is 64.2 Å². The zero-order valence-corrected chi connectivity index (χ0v) is 53.2. The van der Waals surface area contributed by atoms with Gasteiger partial charge in [0.2, 0.25) is 0 Å². The van der Waals surface area contributed by atoms with Gasteiger partial charge in [0.25, 0.3) is 0 Å². The first kappa shape index (κ1) is 76.4. The fourth-order valence-corrected chi connectivity index (χ4v) is 10.6. The van der Waals surface area contributed by atoms with Crippen molar-refractivity contribution in [2.45, 2.75) is 386 Å². The molecule has 0 N–H and O–H groups in total. The number of allylic oxidation sites excluding steroid dienone is 8. The van der Waals surface area contributed by atoms with Crippen molar-refractivity contribution in [2.24, 2.45) is 0 Å². The van der Waals surface area contributed by atoms with E-state index in [4.69, 9.17) is 14.2 Å². The van der Waals surface area contributed by atoms with Crippen molar-refractivity contribution >= 4 is 17.9 Å². The molecule has 0 fully saturated rings. The fourth-order valence-electron chi connectivity index (χ4n) is 10.6. The van der Waals surface area contributed by atoms with Crippen LogP contribution < -0.4 is 0 Å². The number of rotatable bonds is 65. The molecule has 0 bridgehead atoms. The van der Waals surface area contributed by atoms with Crippen LogP contribution in [0.1, 0.15) is 380 Å². The molecule has 0 aliphatic carbocycles. The second-order valence-corrected chi connectivity index (χ2v) is 23.8. The molecule has 0 aromatic rings. The predicted molar refractivity (Wildman–Crippen MR) is 344 cm³/mol. The molecule has 79 heavy (non-hydrogen) atoms. The van der Waals surface area contributed by atoms with Crippen LogP contribution in [0.25, 0.3) is 0 Å². The predicted octanol–water partition coefficient (Wildman–Crippen LogP) is 24.1. The summed E-state index contributed by atoms with van der Waals surface area (Å²) < 4.78 is 16.9. The molecule has 0 rings (SSSR count). The molecule has 0 saturated heterocycles. The van der Waals surface area contributed by atoms with Crippen LogP contribution in [0.15, 0.2) is 48.6 Å². The first-order chi connectivity index (χ1) is 39.0. The lowest BCUT2D eigenvalue weighted by molar-refractivity contribution is -0.166. The molecular weight excluding hydrogens is 973 g/mol. The van der Waals surface area contributed by atoms with Crippen molar-refractivity contribution in [1.29, 1.82) is 0 Å². The van der Waals surface area contributed by atoms with Gasteiger partial charge < -0.3 is 14.2 Å². The number of carbonyl (C=O) groups is 3. The van der Waals surface area contributed by atoms with Crippen LogP contribution in [0.5, 0.6) is 0 Å². The van der Waals surface area contributed by atoms with Crippen molar-refractivity contribution in [2.75, 3.05) is 13.2 Å². The number of esters is 3. The minimum atomic E-state index is -0.800. The van der Waals surface area contributed by atoms with Crippen LogP contribution in [0.2, 0.25) is 0 Å². The smallest absolute Gasteiger partial charge is 0.306 e. The Bertz CT molecular complexity index is 1360. The zero-order valence-electron chi connectivity index (χ0n) is 53.2. The Kier molecular flexibility index (Phi) is 65.6. The van der Waals surface area contributed by atoms with Crippen LogP contribution in [0.3, 0.4) is 0 Å². The monoisotopic (exact) mass is 1110 g/mol. The summed E-state index contributed by atoms with van der Waals surface area (Å²) in [5.74, 6) is -0.948. The fraction of sp³-hybridized carbons (Fsp3) is 0.849. The minimum absolute atomic E-state index is 0.0897. The van der Waals surface area contributed by atoms with Crippen molar-refractivity contribution in [3.05, 3.63) is 48.6 Å². The van der Waals surface area contributed by atoms with E-state index < -0.39 is 6.10 Å². The van der Waals surface area contributed by atoms with Crippen molar-refractivity contribution < 1.29 is 28.6 Å². The first-order valence-corrected chi connectivity index (χ1v) is 35.1. The van der Waals surface area contributed by atoms with Crippen LogP contribution in [-0.2, 0) is 28.6 Å². The third-order valence-corrected chi connectivity index (χ3v) is 15.9. The van der Waals surface area contributed by atoms with Gasteiger partial charge in [-0.2, -0.15) is 0 Å². The third-order valence-electron chi connectivity index (χ3n) is 15.9. The largest absolute Gasteiger partial charge is 0.462 e. The second-order valence-electron chi connectivity index (χ2n) is 23.8. The molecule has 0 saturated carbocycles. The van der Waals surface area contributed by atoms with E-state index in [1.165, 1.54) is 270 Å². The molecule has 1 atom stereocenters. The summed E-state index contributed by atoms with van der Waals surface area (Å²) in [7, 11) is 0. The molecule has 0 spiro atoms. The molecule has 0 aliphatic heterocycles. The molecule has 0 aliphatic rings. The maximum absolute atomic E-state index is 12.9. The van der Waals surface area contributed by atoms with Crippen molar-refractivity contribution in [1.82, 2.24) is 0 Å². The van der Waals surface area contributed by atoms with Gasteiger partial charge in [-0.25, -0.2) is 0 Å². The molecule has 0 aromatic heterocycles. The summed E-state index contributed by atoms with van der Waals surface area (Å²) in [6, 6.07) is 0. The van der Waals surface area contributed by atoms with E-state index in [1.54, 1.807) is 0 Å². The van der Waals surface area contributed by atoms with Gasteiger partial charge >= 0.3 is 17.9 Å². The number of unbranched alkanes of at least 4 members (excludes halogenated alkanes) is 46. The zero-order chi connectivity index (χ0) is 57.1. The van der Waals surface area contributed by atoms with Gasteiger partial charge in [0.15, 0.2) is 6.10 Å². The molecule has 6 heteroatoms. The SMILES string of the molecule is CC/C=C\C/C=C\C/C=C\C/C=C\CCC(=O)OCC(COC(=O)CCCCCCCCCCCCCCCCCCCCCCCCCCC)OC(=O)CCCCCCCCCCCCCCCCCCCCCCCCC. The normalized spacial score (nSPS) is 12.3. The van der Waals surface area contributed by atoms with Crippen LogP contribution in [-0.4, -0.2) is 37.2 Å². The molecule has 0 aromatic carbocycles. The number of hydrogen-bond donors (Lipinski definition) is 0. The summed E-state index contributed by atoms with van der Waals surface area (Å²) in [6.07, 6.45) is 86.0. The number of carbonyl (C=O) groups excluding carboxylic acids is 3. The lowest BCUT2D eigenvalue weighted by Gasteiger charge is -2.18. The summed E-state index contributed by atoms with van der Waals surface area (Å²) in [6.45, 7) is 6.54. The Morgan fingerprint density at radius 1 is 0.266 bits per heavy atom. The Morgan fingerprint density at radius 2 is 0.494 bits per heavy atom. The molecule has 462 valence electrons. The lowest BCUT2D eigenvalue weighted by Crippen LogP contribution is -2.30. The second kappa shape index (κ2) is 67.9. The van der Waals surface area contributed by atoms with Gasteiger partial charge in [-0.1, -0.05) is 365 Å². The molecule has 0 amide bonds. The van der Waals surface area contributed by atoms with Crippen molar-refractivity contribution in [3.63, 3.8) is 0 Å². The van der Waals surface area contributed by atoms with Gasteiger partial charge in [-0.3, -0.25) is 14.4 Å². The molecule has 0 heterocycles. The molecule has 6 nitrogen and oxygen atoms in total. The van der Waals surface area contributed by atoms with Gasteiger partial charge in [0, 0.05) is 19.3 Å². The maximum Gasteiger partial charge on any atom is 0.306 e. The Hall–Kier alpha value is -2.63. The summed E-state index contributed by atoms with van der Waals surface area (Å²) >= 11 is 0. The summed E-state index contributed by atoms with van der Waals surface area (Å²) in [4.78, 5) is 38.3. The number of ether oxygens (including phenoxy) is 3. The van der Waals surface area contributed by atoms with Gasteiger partial charge in [0.1, 0.15) is 13.2 Å². The lowest BCUT2D eigenvalue weighted by atomic mass is 10.0. The van der Waals surface area contributed by atoms with E-state index in [-0.39, 0.29) is 37.5 Å². The Labute approximate surface area is 492 Å². The van der Waals surface area contributed by atoms with Crippen LogP contribution in [0, 0.1) is 0 Å². The van der Waals surface area contributed by atoms with E-state index in [2.05, 4.69) is 63.3 Å². The van der Waals surface area contributed by atoms with Crippen LogP contribution >= 0.6 is 0 Å². The summed E-state index contributed by atoms with van der Waals surface area (Å²) in [5.41, 5.74) is 0. The minimum Gasteiger partial charge on any atom is -0.462 e.